The first kappa shape index (κ1) is 28.4. The molecule has 0 unspecified atom stereocenters. The third-order valence-electron chi connectivity index (χ3n) is 5.15. The Morgan fingerprint density at radius 3 is 1.30 bits per heavy atom. The van der Waals surface area contributed by atoms with Gasteiger partial charge in [0, 0.05) is 13.8 Å². The fraction of sp³-hybridized carbons (Fsp3) is 0.840. The highest BCUT2D eigenvalue weighted by Gasteiger charge is 1.97. The summed E-state index contributed by atoms with van der Waals surface area (Å²) in [6, 6.07) is 0. The molecule has 1 N–H and O–H groups in total. The van der Waals surface area contributed by atoms with E-state index in [1.807, 2.05) is 0 Å². The number of carboxylic acids is 1. The maximum Gasteiger partial charge on any atom is 0.303 e. The minimum Gasteiger partial charge on any atom is -0.481 e. The Balaban J connectivity index is 0. The summed E-state index contributed by atoms with van der Waals surface area (Å²) in [5.74, 6) is -0.654. The molecule has 0 aromatic carbocycles. The molecule has 0 aromatic heterocycles. The maximum atomic E-state index is 10.4. The van der Waals surface area contributed by atoms with E-state index in [4.69, 9.17) is 5.11 Å². The van der Waals surface area contributed by atoms with Crippen LogP contribution in [0.4, 0.5) is 0 Å². The van der Waals surface area contributed by atoms with E-state index in [1.165, 1.54) is 109 Å². The first-order valence-corrected chi connectivity index (χ1v) is 11.6. The van der Waals surface area contributed by atoms with Gasteiger partial charge in [-0.05, 0) is 32.1 Å². The molecule has 0 fully saturated rings. The van der Waals surface area contributed by atoms with Crippen molar-refractivity contribution in [1.29, 1.82) is 0 Å². The predicted octanol–water partition coefficient (Wildman–Crippen LogP) is 8.53. The topological polar surface area (TPSA) is 37.3 Å². The van der Waals surface area contributed by atoms with Gasteiger partial charge in [-0.15, -0.1) is 0 Å². The van der Waals surface area contributed by atoms with Crippen LogP contribution in [0.1, 0.15) is 135 Å². The molecule has 0 aromatic rings. The van der Waals surface area contributed by atoms with E-state index in [-0.39, 0.29) is 7.43 Å². The fourth-order valence-electron chi connectivity index (χ4n) is 3.41. The molecule has 0 heterocycles. The van der Waals surface area contributed by atoms with Crippen LogP contribution < -0.4 is 0 Å². The van der Waals surface area contributed by atoms with E-state index in [9.17, 15) is 4.79 Å². The third-order valence-corrected chi connectivity index (χ3v) is 5.15. The molecular weight excluding hydrogens is 332 g/mol. The summed E-state index contributed by atoms with van der Waals surface area (Å²) in [4.78, 5) is 10.4. The summed E-state index contributed by atoms with van der Waals surface area (Å²) in [7, 11) is 0. The first-order chi connectivity index (χ1) is 12.8. The smallest absolute Gasteiger partial charge is 0.303 e. The molecule has 0 bridgehead atoms. The van der Waals surface area contributed by atoms with Crippen LogP contribution in [0.25, 0.3) is 0 Å². The van der Waals surface area contributed by atoms with Crippen LogP contribution in [0.2, 0.25) is 0 Å². The molecule has 0 amide bonds. The number of carboxylic acid groups (broad SMARTS) is 1. The van der Waals surface area contributed by atoms with Crippen LogP contribution in [-0.2, 0) is 4.79 Å². The number of hydrogen-bond donors (Lipinski definition) is 1. The Labute approximate surface area is 171 Å². The van der Waals surface area contributed by atoms with Gasteiger partial charge in [0.1, 0.15) is 0 Å². The average molecular weight is 379 g/mol. The van der Waals surface area contributed by atoms with Crippen LogP contribution in [0.3, 0.4) is 0 Å². The quantitative estimate of drug-likeness (QED) is 0.160. The highest BCUT2D eigenvalue weighted by atomic mass is 16.4. The molecule has 0 aliphatic rings. The summed E-state index contributed by atoms with van der Waals surface area (Å²) < 4.78 is 0. The molecule has 27 heavy (non-hydrogen) atoms. The highest BCUT2D eigenvalue weighted by molar-refractivity contribution is 5.66. The van der Waals surface area contributed by atoms with Crippen molar-refractivity contribution >= 4 is 5.97 Å². The number of aliphatic carboxylic acids is 1. The van der Waals surface area contributed by atoms with Crippen LogP contribution in [0.5, 0.6) is 0 Å². The van der Waals surface area contributed by atoms with Crippen LogP contribution in [0.15, 0.2) is 12.2 Å². The number of unbranched alkanes of at least 4 members (excludes halogenated alkanes) is 17. The van der Waals surface area contributed by atoms with Gasteiger partial charge in [0.25, 0.3) is 0 Å². The second kappa shape index (κ2) is 25.2. The highest BCUT2D eigenvalue weighted by Crippen LogP contribution is 2.13. The number of hydrogen-bond acceptors (Lipinski definition) is 1. The minimum absolute atomic E-state index is 0. The lowest BCUT2D eigenvalue weighted by Crippen LogP contribution is -1.93. The molecule has 2 nitrogen and oxygen atoms in total. The molecule has 2 heteroatoms. The number of carbonyl (C=O) groups is 1. The Morgan fingerprint density at radius 2 is 0.926 bits per heavy atom. The van der Waals surface area contributed by atoms with Gasteiger partial charge in [-0.1, -0.05) is 109 Å². The van der Waals surface area contributed by atoms with Gasteiger partial charge in [-0.25, -0.2) is 0 Å². The molecular formula is C25H46O2. The largest absolute Gasteiger partial charge is 0.481 e. The van der Waals surface area contributed by atoms with E-state index in [0.717, 1.165) is 12.8 Å². The van der Waals surface area contributed by atoms with Gasteiger partial charge in [-0.2, -0.15) is 0 Å². The van der Waals surface area contributed by atoms with Gasteiger partial charge < -0.3 is 5.11 Å². The monoisotopic (exact) mass is 378 g/mol. The van der Waals surface area contributed by atoms with Gasteiger partial charge in [0.05, 0.1) is 0 Å². The van der Waals surface area contributed by atoms with Crippen molar-refractivity contribution in [2.45, 2.75) is 135 Å². The van der Waals surface area contributed by atoms with E-state index in [0.29, 0.717) is 6.42 Å². The van der Waals surface area contributed by atoms with E-state index in [2.05, 4.69) is 19.1 Å². The SMILES string of the molecule is CCCCCCCC/C=C\CCCCCCCCCCCCCC(=O)O.[C]. The molecule has 0 rings (SSSR count). The van der Waals surface area contributed by atoms with Crippen LogP contribution >= 0.6 is 0 Å². The Hall–Kier alpha value is -0.790. The van der Waals surface area contributed by atoms with Crippen LogP contribution in [0, 0.1) is 7.43 Å². The lowest BCUT2D eigenvalue weighted by Gasteiger charge is -2.02. The standard InChI is InChI=1S/C24H46O2.C/c1-2-3-4-5-6-7-8-9-10-11-12-13-14-15-16-17-18-19-20-21-22-23-24(25)26;/h9-10H,2-8,11-23H2,1H3,(H,25,26);/b10-9-;. The van der Waals surface area contributed by atoms with Gasteiger partial charge in [-0.3, -0.25) is 4.79 Å². The van der Waals surface area contributed by atoms with Gasteiger partial charge >= 0.3 is 5.97 Å². The molecule has 0 atom stereocenters. The van der Waals surface area contributed by atoms with E-state index < -0.39 is 5.97 Å². The predicted molar refractivity (Wildman–Crippen MR) is 118 cm³/mol. The van der Waals surface area contributed by atoms with E-state index >= 15 is 0 Å². The molecule has 0 aliphatic heterocycles. The van der Waals surface area contributed by atoms with Crippen molar-refractivity contribution in [1.82, 2.24) is 0 Å². The summed E-state index contributed by atoms with van der Waals surface area (Å²) in [5.41, 5.74) is 0. The lowest BCUT2D eigenvalue weighted by atomic mass is 10.0. The molecule has 0 spiro atoms. The first-order valence-electron chi connectivity index (χ1n) is 11.6. The van der Waals surface area contributed by atoms with Gasteiger partial charge in [0.2, 0.25) is 0 Å². The number of allylic oxidation sites excluding steroid dienone is 2. The van der Waals surface area contributed by atoms with Crippen molar-refractivity contribution in [3.63, 3.8) is 0 Å². The van der Waals surface area contributed by atoms with Crippen LogP contribution in [-0.4, -0.2) is 11.1 Å². The molecule has 0 aliphatic carbocycles. The lowest BCUT2D eigenvalue weighted by molar-refractivity contribution is -0.137. The second-order valence-corrected chi connectivity index (χ2v) is 7.85. The second-order valence-electron chi connectivity index (χ2n) is 7.85. The van der Waals surface area contributed by atoms with Crippen molar-refractivity contribution in [2.75, 3.05) is 0 Å². The minimum atomic E-state index is -0.654. The van der Waals surface area contributed by atoms with Gasteiger partial charge in [0.15, 0.2) is 0 Å². The zero-order valence-corrected chi connectivity index (χ0v) is 18.2. The Morgan fingerprint density at radius 1 is 0.593 bits per heavy atom. The molecule has 4 radical (unpaired) electrons. The summed E-state index contributed by atoms with van der Waals surface area (Å²) in [5, 5.41) is 8.57. The van der Waals surface area contributed by atoms with E-state index in [1.54, 1.807) is 0 Å². The summed E-state index contributed by atoms with van der Waals surface area (Å²) >= 11 is 0. The van der Waals surface area contributed by atoms with Crippen molar-refractivity contribution < 1.29 is 9.90 Å². The zero-order chi connectivity index (χ0) is 19.1. The fourth-order valence-corrected chi connectivity index (χ4v) is 3.41. The third kappa shape index (κ3) is 27.5. The summed E-state index contributed by atoms with van der Waals surface area (Å²) in [6.07, 6.45) is 30.1. The average Bonchev–Trinajstić information content (AvgIpc) is 2.62. The van der Waals surface area contributed by atoms with Crippen molar-refractivity contribution in [3.8, 4) is 0 Å². The van der Waals surface area contributed by atoms with Crippen molar-refractivity contribution in [3.05, 3.63) is 19.6 Å². The maximum absolute atomic E-state index is 10.4. The Bertz CT molecular complexity index is 309. The zero-order valence-electron chi connectivity index (χ0n) is 18.2. The Kier molecular flexibility index (Phi) is 26.5. The molecule has 158 valence electrons. The normalized spacial score (nSPS) is 11.0. The number of rotatable bonds is 21. The summed E-state index contributed by atoms with van der Waals surface area (Å²) in [6.45, 7) is 2.28. The molecule has 0 saturated heterocycles. The molecule has 0 saturated carbocycles. The van der Waals surface area contributed by atoms with Crippen molar-refractivity contribution in [2.24, 2.45) is 0 Å².